The zero-order valence-corrected chi connectivity index (χ0v) is 67.3. The molecule has 532 valence electrons. The predicted octanol–water partition coefficient (Wildman–Crippen LogP) is 20.0. The first-order valence-electron chi connectivity index (χ1n) is 32.6. The average molecular weight is 1580 g/mol. The van der Waals surface area contributed by atoms with Crippen molar-refractivity contribution in [2.75, 3.05) is 12.4 Å². The van der Waals surface area contributed by atoms with Gasteiger partial charge < -0.3 is 29.8 Å². The van der Waals surface area contributed by atoms with E-state index in [1.807, 2.05) is 118 Å². The summed E-state index contributed by atoms with van der Waals surface area (Å²) < 4.78 is 50.1. The van der Waals surface area contributed by atoms with Gasteiger partial charge in [0.25, 0.3) is 0 Å². The van der Waals surface area contributed by atoms with Gasteiger partial charge in [-0.25, -0.2) is 42.5 Å². The largest absolute Gasteiger partial charge is 0.478 e. The van der Waals surface area contributed by atoms with Crippen molar-refractivity contribution in [3.63, 3.8) is 0 Å². The summed E-state index contributed by atoms with van der Waals surface area (Å²) >= 11 is 14.3. The number of unbranched alkanes of at least 4 members (excludes halogenated alkanes) is 1. The molecule has 3 heterocycles. The number of aromatic carboxylic acids is 1. The zero-order valence-electron chi connectivity index (χ0n) is 59.2. The molecule has 0 radical (unpaired) electrons. The van der Waals surface area contributed by atoms with E-state index in [9.17, 15) is 32.4 Å². The summed E-state index contributed by atoms with van der Waals surface area (Å²) in [6.07, 6.45) is 15.0. The van der Waals surface area contributed by atoms with Gasteiger partial charge in [0.2, 0.25) is 9.84 Å². The number of hydrogen-bond acceptors (Lipinski definition) is 20. The summed E-state index contributed by atoms with van der Waals surface area (Å²) in [5, 5.41) is 11.9. The minimum Gasteiger partial charge on any atom is -0.478 e. The first-order chi connectivity index (χ1) is 45.5. The van der Waals surface area contributed by atoms with Gasteiger partial charge >= 0.3 is 29.8 Å². The summed E-state index contributed by atoms with van der Waals surface area (Å²) in [5.74, 6) is -1.07. The van der Waals surface area contributed by atoms with E-state index >= 15 is 0 Å². The molecular formula is C73H98Br2N4O12S6. The number of nitrogens with zero attached hydrogens (tertiary/aromatic N) is 3. The van der Waals surface area contributed by atoms with E-state index in [1.165, 1.54) is 42.2 Å². The quantitative estimate of drug-likeness (QED) is 0.0307. The van der Waals surface area contributed by atoms with Crippen molar-refractivity contribution >= 4 is 129 Å². The number of carboxylic acids is 1. The van der Waals surface area contributed by atoms with Crippen LogP contribution in [0.1, 0.15) is 229 Å². The Balaban J connectivity index is 0.000000329. The number of halogens is 2. The fourth-order valence-corrected chi connectivity index (χ4v) is 15.7. The fourth-order valence-electron chi connectivity index (χ4n) is 8.37. The molecule has 0 spiro atoms. The maximum absolute atomic E-state index is 12.5. The van der Waals surface area contributed by atoms with Crippen LogP contribution >= 0.6 is 89.4 Å². The second-order valence-corrected chi connectivity index (χ2v) is 35.4. The molecule has 7 rings (SSSR count). The lowest BCUT2D eigenvalue weighted by Gasteiger charge is -2.20. The van der Waals surface area contributed by atoms with Gasteiger partial charge in [-0.2, -0.15) is 0 Å². The van der Waals surface area contributed by atoms with Gasteiger partial charge in [-0.05, 0) is 224 Å². The third-order valence-corrected chi connectivity index (χ3v) is 21.9. The first-order valence-corrected chi connectivity index (χ1v) is 39.9. The summed E-state index contributed by atoms with van der Waals surface area (Å²) in [4.78, 5) is 74.2. The van der Waals surface area contributed by atoms with E-state index < -0.39 is 32.6 Å². The Kier molecular flexibility index (Phi) is 37.3. The highest BCUT2D eigenvalue weighted by molar-refractivity contribution is 9.11. The maximum Gasteiger partial charge on any atom is 0.338 e. The predicted molar refractivity (Wildman–Crippen MR) is 403 cm³/mol. The molecular weight excluding hydrogens is 1480 g/mol. The molecule has 0 saturated carbocycles. The first kappa shape index (κ1) is 85.9. The number of aromatic nitrogens is 3. The normalized spacial score (nSPS) is 11.6. The van der Waals surface area contributed by atoms with Crippen LogP contribution in [0.25, 0.3) is 0 Å². The fraction of sp³-hybridized carbons (Fsp3) is 0.479. The number of rotatable bonds is 25. The summed E-state index contributed by atoms with van der Waals surface area (Å²) in [6, 6.07) is 21.5. The van der Waals surface area contributed by atoms with Crippen molar-refractivity contribution in [1.29, 1.82) is 0 Å². The number of esters is 4. The third kappa shape index (κ3) is 32.7. The second-order valence-electron chi connectivity index (χ2n) is 25.1. The third-order valence-electron chi connectivity index (χ3n) is 13.4. The van der Waals surface area contributed by atoms with Gasteiger partial charge in [-0.3, -0.25) is 4.79 Å². The molecule has 3 aromatic heterocycles. The highest BCUT2D eigenvalue weighted by Gasteiger charge is 2.25. The Morgan fingerprint density at radius 3 is 1.48 bits per heavy atom. The number of carbonyl (C=O) groups is 5. The number of ether oxygens (including phenoxy) is 4. The van der Waals surface area contributed by atoms with Crippen LogP contribution < -0.4 is 5.73 Å². The van der Waals surface area contributed by atoms with Crippen LogP contribution in [0.5, 0.6) is 0 Å². The van der Waals surface area contributed by atoms with Gasteiger partial charge in [-0.1, -0.05) is 102 Å². The minimum atomic E-state index is -3.78. The molecule has 0 aliphatic rings. The maximum atomic E-state index is 12.5. The van der Waals surface area contributed by atoms with Crippen molar-refractivity contribution < 1.29 is 56.4 Å². The molecule has 16 nitrogen and oxygen atoms in total. The lowest BCUT2D eigenvalue weighted by molar-refractivity contribution is -0.144. The standard InChI is InChI=1S/C24H38O4S.C18H23NO2S2.C13H17BrO2.C13H14N2O4S2.C5H6BrNS/c1-7-10-11-18(8-2)17-27-22(25)12-13-29-21-15-19(9-3)14-20(16-21)23(26)28-24(4,5)6;1-6-12-8-13(17(20)21-18(3,4)5)10-14(9-12)22-16-11-19-15(7-2)23-16;1-5-9-6-10(8-11(14)7-9)12(15)16-13(2,3)4;1-2-8-3-9(13(16)17)5-10(4-8)21(18,19)12-7-15-11(6-14)20-12;1-2-5-7-3-4(6)8-5/h14-16,18H,7-13,17H2,1-6H3;8-11H,6-7H2,1-5H3;6-8H,5H2,1-4H3;3-5,7H,2,6,14H2,1H3,(H,16,17);3H,2H2,1H3. The number of nitrogens with two attached hydrogens (primary N) is 1. The van der Waals surface area contributed by atoms with E-state index in [-0.39, 0.29) is 45.1 Å². The monoisotopic (exact) mass is 1570 g/mol. The Morgan fingerprint density at radius 2 is 1.04 bits per heavy atom. The lowest BCUT2D eigenvalue weighted by Crippen LogP contribution is -2.24. The number of carboxylic acid groups (broad SMARTS) is 1. The van der Waals surface area contributed by atoms with E-state index in [2.05, 4.69) is 107 Å². The molecule has 24 heteroatoms. The number of sulfone groups is 1. The number of carbonyl (C=O) groups excluding carboxylic acids is 4. The highest BCUT2D eigenvalue weighted by atomic mass is 79.9. The van der Waals surface area contributed by atoms with Gasteiger partial charge in [0, 0.05) is 26.6 Å². The molecule has 7 aromatic rings. The van der Waals surface area contributed by atoms with E-state index in [4.69, 9.17) is 29.8 Å². The smallest absolute Gasteiger partial charge is 0.338 e. The highest BCUT2D eigenvalue weighted by Crippen LogP contribution is 2.35. The zero-order chi connectivity index (χ0) is 72.8. The number of benzene rings is 4. The van der Waals surface area contributed by atoms with Crippen LogP contribution in [0.4, 0.5) is 0 Å². The Hall–Kier alpha value is -5.31. The van der Waals surface area contributed by atoms with Crippen molar-refractivity contribution in [2.45, 2.75) is 235 Å². The van der Waals surface area contributed by atoms with Crippen LogP contribution in [0.2, 0.25) is 0 Å². The van der Waals surface area contributed by atoms with E-state index in [0.29, 0.717) is 58.4 Å². The molecule has 0 bridgehead atoms. The number of thiazole rings is 3. The van der Waals surface area contributed by atoms with Crippen LogP contribution in [0.15, 0.2) is 123 Å². The van der Waals surface area contributed by atoms with Gasteiger partial charge in [0.15, 0.2) is 0 Å². The van der Waals surface area contributed by atoms with Crippen molar-refractivity contribution in [2.24, 2.45) is 11.7 Å². The molecule has 0 aliphatic heterocycles. The van der Waals surface area contributed by atoms with Crippen molar-refractivity contribution in [3.8, 4) is 0 Å². The van der Waals surface area contributed by atoms with Gasteiger partial charge in [0.1, 0.15) is 26.0 Å². The topological polar surface area (TPSA) is 241 Å². The Morgan fingerprint density at radius 1 is 0.567 bits per heavy atom. The Labute approximate surface area is 613 Å². The van der Waals surface area contributed by atoms with Crippen molar-refractivity contribution in [3.05, 3.63) is 159 Å². The van der Waals surface area contributed by atoms with Gasteiger partial charge in [-0.15, -0.1) is 45.8 Å². The molecule has 3 N–H and O–H groups in total. The van der Waals surface area contributed by atoms with Crippen LogP contribution in [0, 0.1) is 5.92 Å². The molecule has 0 aliphatic carbocycles. The number of aryl methyl sites for hydroxylation is 6. The van der Waals surface area contributed by atoms with E-state index in [0.717, 1.165) is 100 Å². The van der Waals surface area contributed by atoms with Gasteiger partial charge in [0.05, 0.1) is 76.8 Å². The Bertz CT molecular complexity index is 3770. The number of hydrogen-bond donors (Lipinski definition) is 2. The van der Waals surface area contributed by atoms with Crippen molar-refractivity contribution in [1.82, 2.24) is 15.0 Å². The molecule has 0 fully saturated rings. The van der Waals surface area contributed by atoms with Crippen LogP contribution in [-0.4, -0.2) is 87.5 Å². The second kappa shape index (κ2) is 42.1. The van der Waals surface area contributed by atoms with Crippen LogP contribution in [-0.2, 0) is 78.6 Å². The average Bonchev–Trinajstić information content (AvgIpc) is 1.75. The molecule has 0 saturated heterocycles. The molecule has 97 heavy (non-hydrogen) atoms. The summed E-state index contributed by atoms with van der Waals surface area (Å²) in [5.41, 5.74) is 9.68. The molecule has 4 aromatic carbocycles. The summed E-state index contributed by atoms with van der Waals surface area (Å²) in [7, 11) is -3.78. The molecule has 0 amide bonds. The minimum absolute atomic E-state index is 0.0357. The number of thioether (sulfide) groups is 1. The SMILES string of the molecule is CCCCC(CC)COC(=O)CCSc1cc(CC)cc(C(=O)OC(C)(C)C)c1.CCc1cc(Br)cc(C(=O)OC(C)(C)C)c1.CCc1cc(C(=O)O)cc(S(=O)(=O)c2cnc(CN)s2)c1.CCc1cc(Sc2cnc(CC)s2)cc(C(=O)OC(C)(C)C)c1.CCc1ncc(Br)s1. The molecule has 1 unspecified atom stereocenters. The lowest BCUT2D eigenvalue weighted by atomic mass is 10.0. The van der Waals surface area contributed by atoms with Crippen LogP contribution in [0.3, 0.4) is 0 Å². The van der Waals surface area contributed by atoms with E-state index in [1.54, 1.807) is 52.3 Å². The summed E-state index contributed by atoms with van der Waals surface area (Å²) in [6.45, 7) is 34.1. The molecule has 1 atom stereocenters.